The van der Waals surface area contributed by atoms with Crippen molar-refractivity contribution in [2.45, 2.75) is 13.3 Å². The van der Waals surface area contributed by atoms with Crippen LogP contribution >= 0.6 is 0 Å². The number of carbonyl (C=O) groups excluding carboxylic acids is 1. The molecule has 13 heavy (non-hydrogen) atoms. The standard InChI is InChI=1S/C10H12O3/c1-3-10(11)13-9-6-4-5-8(7-9)12-2/h4-7H,3H2,1-2H3. The van der Waals surface area contributed by atoms with E-state index in [1.807, 2.05) is 0 Å². The van der Waals surface area contributed by atoms with Gasteiger partial charge in [0.25, 0.3) is 0 Å². The average Bonchev–Trinajstić information content (AvgIpc) is 2.18. The fourth-order valence-corrected chi connectivity index (χ4v) is 0.868. The average molecular weight is 180 g/mol. The zero-order chi connectivity index (χ0) is 9.68. The Morgan fingerprint density at radius 1 is 1.38 bits per heavy atom. The van der Waals surface area contributed by atoms with Gasteiger partial charge in [0.15, 0.2) is 0 Å². The van der Waals surface area contributed by atoms with Crippen LogP contribution in [0.4, 0.5) is 0 Å². The third-order valence-electron chi connectivity index (χ3n) is 1.56. The van der Waals surface area contributed by atoms with Crippen molar-refractivity contribution in [3.8, 4) is 11.5 Å². The Morgan fingerprint density at radius 3 is 2.69 bits per heavy atom. The lowest BCUT2D eigenvalue weighted by molar-refractivity contribution is -0.134. The van der Waals surface area contributed by atoms with Crippen molar-refractivity contribution in [1.82, 2.24) is 0 Å². The first-order valence-electron chi connectivity index (χ1n) is 4.11. The molecule has 0 aromatic heterocycles. The zero-order valence-electron chi connectivity index (χ0n) is 7.74. The highest BCUT2D eigenvalue weighted by Crippen LogP contribution is 2.18. The van der Waals surface area contributed by atoms with Crippen LogP contribution in [-0.2, 0) is 4.79 Å². The molecule has 0 radical (unpaired) electrons. The molecule has 0 aliphatic heterocycles. The maximum absolute atomic E-state index is 10.9. The molecule has 0 saturated carbocycles. The van der Waals surface area contributed by atoms with Crippen LogP contribution in [0.1, 0.15) is 13.3 Å². The van der Waals surface area contributed by atoms with Crippen molar-refractivity contribution < 1.29 is 14.3 Å². The third-order valence-corrected chi connectivity index (χ3v) is 1.56. The quantitative estimate of drug-likeness (QED) is 0.527. The van der Waals surface area contributed by atoms with Crippen molar-refractivity contribution >= 4 is 5.97 Å². The first-order chi connectivity index (χ1) is 6.26. The summed E-state index contributed by atoms with van der Waals surface area (Å²) in [4.78, 5) is 10.9. The fourth-order valence-electron chi connectivity index (χ4n) is 0.868. The van der Waals surface area contributed by atoms with Gasteiger partial charge >= 0.3 is 5.97 Å². The summed E-state index contributed by atoms with van der Waals surface area (Å²) in [7, 11) is 1.57. The van der Waals surface area contributed by atoms with Crippen LogP contribution in [0.5, 0.6) is 11.5 Å². The van der Waals surface area contributed by atoms with E-state index in [1.165, 1.54) is 0 Å². The number of methoxy groups -OCH3 is 1. The molecule has 0 unspecified atom stereocenters. The number of rotatable bonds is 3. The number of carbonyl (C=O) groups is 1. The largest absolute Gasteiger partial charge is 0.497 e. The molecule has 0 aliphatic rings. The smallest absolute Gasteiger partial charge is 0.310 e. The van der Waals surface area contributed by atoms with Crippen molar-refractivity contribution in [1.29, 1.82) is 0 Å². The van der Waals surface area contributed by atoms with Crippen LogP contribution in [-0.4, -0.2) is 13.1 Å². The molecule has 0 N–H and O–H groups in total. The third kappa shape index (κ3) is 2.78. The summed E-state index contributed by atoms with van der Waals surface area (Å²) in [6.45, 7) is 1.75. The van der Waals surface area contributed by atoms with Crippen LogP contribution in [0.2, 0.25) is 0 Å². The Bertz CT molecular complexity index is 294. The highest BCUT2D eigenvalue weighted by atomic mass is 16.5. The summed E-state index contributed by atoms with van der Waals surface area (Å²) in [5.74, 6) is 0.959. The van der Waals surface area contributed by atoms with Gasteiger partial charge in [0.2, 0.25) is 0 Å². The summed E-state index contributed by atoms with van der Waals surface area (Å²) in [6.07, 6.45) is 0.372. The van der Waals surface area contributed by atoms with Gasteiger partial charge < -0.3 is 9.47 Å². The normalized spacial score (nSPS) is 9.38. The lowest BCUT2D eigenvalue weighted by Gasteiger charge is -2.04. The minimum Gasteiger partial charge on any atom is -0.497 e. The number of esters is 1. The number of hydrogen-bond acceptors (Lipinski definition) is 3. The van der Waals surface area contributed by atoms with Crippen molar-refractivity contribution in [3.05, 3.63) is 24.3 Å². The Labute approximate surface area is 77.3 Å². The van der Waals surface area contributed by atoms with Gasteiger partial charge in [-0.3, -0.25) is 4.79 Å². The van der Waals surface area contributed by atoms with E-state index in [1.54, 1.807) is 38.3 Å². The first-order valence-corrected chi connectivity index (χ1v) is 4.11. The summed E-state index contributed by atoms with van der Waals surface area (Å²) >= 11 is 0. The van der Waals surface area contributed by atoms with E-state index in [4.69, 9.17) is 9.47 Å². The van der Waals surface area contributed by atoms with Crippen LogP contribution in [0.25, 0.3) is 0 Å². The topological polar surface area (TPSA) is 35.5 Å². The molecule has 1 aromatic carbocycles. The number of benzene rings is 1. The molecule has 0 atom stereocenters. The van der Waals surface area contributed by atoms with Crippen molar-refractivity contribution in [2.24, 2.45) is 0 Å². The maximum atomic E-state index is 10.9. The summed E-state index contributed by atoms with van der Waals surface area (Å²) < 4.78 is 9.97. The van der Waals surface area contributed by atoms with Crippen LogP contribution in [0, 0.1) is 0 Å². The van der Waals surface area contributed by atoms with Gasteiger partial charge in [0, 0.05) is 12.5 Å². The molecule has 0 bridgehead atoms. The van der Waals surface area contributed by atoms with E-state index < -0.39 is 0 Å². The van der Waals surface area contributed by atoms with E-state index in [0.29, 0.717) is 17.9 Å². The van der Waals surface area contributed by atoms with Gasteiger partial charge in [-0.15, -0.1) is 0 Å². The van der Waals surface area contributed by atoms with E-state index in [0.717, 1.165) is 0 Å². The lowest BCUT2D eigenvalue weighted by Crippen LogP contribution is -2.05. The highest BCUT2D eigenvalue weighted by molar-refractivity contribution is 5.72. The monoisotopic (exact) mass is 180 g/mol. The van der Waals surface area contributed by atoms with Gasteiger partial charge in [-0.2, -0.15) is 0 Å². The summed E-state index contributed by atoms with van der Waals surface area (Å²) in [5.41, 5.74) is 0. The predicted octanol–water partition coefficient (Wildman–Crippen LogP) is 2.01. The molecule has 0 spiro atoms. The van der Waals surface area contributed by atoms with Gasteiger partial charge in [0.1, 0.15) is 11.5 Å². The molecule has 3 nitrogen and oxygen atoms in total. The van der Waals surface area contributed by atoms with E-state index >= 15 is 0 Å². The van der Waals surface area contributed by atoms with Gasteiger partial charge in [-0.05, 0) is 12.1 Å². The Morgan fingerprint density at radius 2 is 2.08 bits per heavy atom. The molecule has 70 valence electrons. The molecule has 0 amide bonds. The molecule has 1 aromatic rings. The second-order valence-electron chi connectivity index (χ2n) is 2.51. The van der Waals surface area contributed by atoms with Gasteiger partial charge in [0.05, 0.1) is 7.11 Å². The van der Waals surface area contributed by atoms with E-state index in [9.17, 15) is 4.79 Å². The Hall–Kier alpha value is -1.51. The lowest BCUT2D eigenvalue weighted by atomic mass is 10.3. The van der Waals surface area contributed by atoms with Crippen LogP contribution < -0.4 is 9.47 Å². The molecular formula is C10H12O3. The Balaban J connectivity index is 2.71. The first kappa shape index (κ1) is 9.58. The molecule has 1 rings (SSSR count). The molecule has 0 heterocycles. The zero-order valence-corrected chi connectivity index (χ0v) is 7.74. The fraction of sp³-hybridized carbons (Fsp3) is 0.300. The summed E-state index contributed by atoms with van der Waals surface area (Å²) in [6, 6.07) is 6.96. The van der Waals surface area contributed by atoms with Gasteiger partial charge in [-0.1, -0.05) is 13.0 Å². The Kier molecular flexibility index (Phi) is 3.31. The van der Waals surface area contributed by atoms with Gasteiger partial charge in [-0.25, -0.2) is 0 Å². The van der Waals surface area contributed by atoms with Crippen LogP contribution in [0.15, 0.2) is 24.3 Å². The van der Waals surface area contributed by atoms with Crippen molar-refractivity contribution in [3.63, 3.8) is 0 Å². The summed E-state index contributed by atoms with van der Waals surface area (Å²) in [5, 5.41) is 0. The van der Waals surface area contributed by atoms with Crippen LogP contribution in [0.3, 0.4) is 0 Å². The highest BCUT2D eigenvalue weighted by Gasteiger charge is 2.01. The molecule has 0 aliphatic carbocycles. The predicted molar refractivity (Wildman–Crippen MR) is 48.9 cm³/mol. The van der Waals surface area contributed by atoms with E-state index in [2.05, 4.69) is 0 Å². The second kappa shape index (κ2) is 4.50. The minimum absolute atomic E-state index is 0.242. The van der Waals surface area contributed by atoms with Crippen molar-refractivity contribution in [2.75, 3.05) is 7.11 Å². The number of hydrogen-bond donors (Lipinski definition) is 0. The molecule has 3 heteroatoms. The minimum atomic E-state index is -0.242. The number of ether oxygens (including phenoxy) is 2. The maximum Gasteiger partial charge on any atom is 0.310 e. The van der Waals surface area contributed by atoms with E-state index in [-0.39, 0.29) is 5.97 Å². The molecule has 0 saturated heterocycles. The second-order valence-corrected chi connectivity index (χ2v) is 2.51. The SMILES string of the molecule is CCC(=O)Oc1cccc(OC)c1. The molecular weight excluding hydrogens is 168 g/mol. The molecule has 0 fully saturated rings.